The fourth-order valence-electron chi connectivity index (χ4n) is 3.59. The number of aromatic carboxylic acids is 1. The summed E-state index contributed by atoms with van der Waals surface area (Å²) in [7, 11) is 0. The van der Waals surface area contributed by atoms with E-state index in [4.69, 9.17) is 23.2 Å². The fourth-order valence-corrected chi connectivity index (χ4v) is 6.59. The van der Waals surface area contributed by atoms with Crippen LogP contribution in [0.15, 0.2) is 46.7 Å². The van der Waals surface area contributed by atoms with E-state index in [2.05, 4.69) is 10.1 Å². The van der Waals surface area contributed by atoms with Gasteiger partial charge in [-0.2, -0.15) is 23.0 Å². The summed E-state index contributed by atoms with van der Waals surface area (Å²) < 4.78 is 41.1. The van der Waals surface area contributed by atoms with Gasteiger partial charge in [-0.05, 0) is 42.8 Å². The molecule has 0 fully saturated rings. The van der Waals surface area contributed by atoms with E-state index in [-0.39, 0.29) is 16.1 Å². The normalized spacial score (nSPS) is 11.9. The van der Waals surface area contributed by atoms with Gasteiger partial charge in [-0.1, -0.05) is 60.5 Å². The predicted molar refractivity (Wildman–Crippen MR) is 138 cm³/mol. The Morgan fingerprint density at radius 2 is 1.69 bits per heavy atom. The van der Waals surface area contributed by atoms with Crippen LogP contribution in [0.3, 0.4) is 0 Å². The Kier molecular flexibility index (Phi) is 7.43. The molecule has 0 aliphatic carbocycles. The zero-order valence-corrected chi connectivity index (χ0v) is 22.2. The molecule has 1 N–H and O–H groups in total. The molecule has 4 rings (SSSR count). The lowest BCUT2D eigenvalue weighted by molar-refractivity contribution is -0.137. The van der Waals surface area contributed by atoms with Crippen molar-refractivity contribution >= 4 is 52.3 Å². The van der Waals surface area contributed by atoms with Crippen LogP contribution in [0.2, 0.25) is 10.0 Å². The lowest BCUT2D eigenvalue weighted by atomic mass is 10.0. The van der Waals surface area contributed by atoms with E-state index < -0.39 is 17.7 Å². The molecule has 12 heteroatoms. The third kappa shape index (κ3) is 5.41. The third-order valence-corrected chi connectivity index (χ3v) is 7.69. The topological polar surface area (TPSA) is 68.0 Å². The third-order valence-electron chi connectivity index (χ3n) is 5.01. The monoisotopic (exact) mass is 571 g/mol. The van der Waals surface area contributed by atoms with Gasteiger partial charge in [-0.3, -0.25) is 0 Å². The zero-order chi connectivity index (χ0) is 26.4. The van der Waals surface area contributed by atoms with Crippen LogP contribution in [-0.2, 0) is 6.18 Å². The molecule has 0 spiro atoms. The van der Waals surface area contributed by atoms with Crippen molar-refractivity contribution in [2.45, 2.75) is 36.4 Å². The molecule has 2 aromatic carbocycles. The van der Waals surface area contributed by atoms with Crippen molar-refractivity contribution in [1.29, 1.82) is 0 Å². The summed E-state index contributed by atoms with van der Waals surface area (Å²) in [6.45, 7) is 5.62. The molecule has 36 heavy (non-hydrogen) atoms. The van der Waals surface area contributed by atoms with Gasteiger partial charge in [0.05, 0.1) is 21.2 Å². The maximum Gasteiger partial charge on any atom is 0.416 e. The van der Waals surface area contributed by atoms with E-state index in [1.54, 1.807) is 25.1 Å². The van der Waals surface area contributed by atoms with Crippen LogP contribution < -0.4 is 0 Å². The van der Waals surface area contributed by atoms with E-state index in [1.807, 2.05) is 13.8 Å². The minimum Gasteiger partial charge on any atom is -0.476 e. The predicted octanol–water partition coefficient (Wildman–Crippen LogP) is 8.50. The van der Waals surface area contributed by atoms with Gasteiger partial charge in [-0.25, -0.2) is 9.78 Å². The number of benzene rings is 2. The van der Waals surface area contributed by atoms with Gasteiger partial charge in [0.2, 0.25) is 5.13 Å². The lowest BCUT2D eigenvalue weighted by Crippen LogP contribution is -2.09. The lowest BCUT2D eigenvalue weighted by Gasteiger charge is -2.08. The molecule has 0 aliphatic rings. The summed E-state index contributed by atoms with van der Waals surface area (Å²) in [5.41, 5.74) is 1.31. The van der Waals surface area contributed by atoms with Crippen molar-refractivity contribution in [1.82, 2.24) is 14.8 Å². The Bertz CT molecular complexity index is 1430. The maximum atomic E-state index is 13.0. The molecule has 0 unspecified atom stereocenters. The summed E-state index contributed by atoms with van der Waals surface area (Å²) in [6.07, 6.45) is -4.45. The number of aromatic nitrogens is 3. The van der Waals surface area contributed by atoms with Crippen molar-refractivity contribution in [3.05, 3.63) is 69.5 Å². The Balaban J connectivity index is 1.89. The zero-order valence-electron chi connectivity index (χ0n) is 19.0. The van der Waals surface area contributed by atoms with E-state index in [0.717, 1.165) is 16.3 Å². The highest BCUT2D eigenvalue weighted by molar-refractivity contribution is 8.01. The van der Waals surface area contributed by atoms with Crippen LogP contribution >= 0.6 is 46.3 Å². The van der Waals surface area contributed by atoms with Gasteiger partial charge in [0.25, 0.3) is 0 Å². The van der Waals surface area contributed by atoms with Gasteiger partial charge in [0.1, 0.15) is 0 Å². The van der Waals surface area contributed by atoms with Gasteiger partial charge in [0.15, 0.2) is 5.69 Å². The molecule has 5 nitrogen and oxygen atoms in total. The average molecular weight is 572 g/mol. The number of hydrogen-bond acceptors (Lipinski definition) is 5. The number of nitrogens with zero attached hydrogens (tertiary/aromatic N) is 3. The second-order valence-corrected chi connectivity index (χ2v) is 11.8. The molecule has 0 radical (unpaired) electrons. The molecule has 188 valence electrons. The van der Waals surface area contributed by atoms with Crippen LogP contribution in [0.25, 0.3) is 27.5 Å². The number of carboxylic acids is 1. The first-order chi connectivity index (χ1) is 16.8. The van der Waals surface area contributed by atoms with Crippen molar-refractivity contribution in [2.75, 3.05) is 0 Å². The largest absolute Gasteiger partial charge is 0.476 e. The van der Waals surface area contributed by atoms with Crippen molar-refractivity contribution in [3.8, 4) is 27.5 Å². The van der Waals surface area contributed by atoms with E-state index in [9.17, 15) is 23.1 Å². The Labute approximate surface area is 222 Å². The highest BCUT2D eigenvalue weighted by Crippen LogP contribution is 2.42. The minimum atomic E-state index is -4.45. The second-order valence-electron chi connectivity index (χ2n) is 8.06. The molecule has 2 heterocycles. The van der Waals surface area contributed by atoms with Crippen LogP contribution in [0.5, 0.6) is 0 Å². The molecule has 0 saturated heterocycles. The SMILES string of the molecule is Cc1nn(-c2nc(-c3ccc(C(F)(F)F)cc3)c(SC(C)C)s2)c(C(=O)O)c1-c1cc(Cl)cc(Cl)c1. The number of halogens is 5. The number of thiazole rings is 1. The summed E-state index contributed by atoms with van der Waals surface area (Å²) in [6, 6.07) is 9.46. The van der Waals surface area contributed by atoms with Gasteiger partial charge in [-0.15, -0.1) is 11.8 Å². The van der Waals surface area contributed by atoms with E-state index in [1.165, 1.54) is 39.9 Å². The first-order valence-corrected chi connectivity index (χ1v) is 12.9. The number of aryl methyl sites for hydroxylation is 1. The molecule has 2 aromatic heterocycles. The first-order valence-electron chi connectivity index (χ1n) is 10.5. The smallest absolute Gasteiger partial charge is 0.416 e. The van der Waals surface area contributed by atoms with Crippen molar-refractivity contribution in [2.24, 2.45) is 0 Å². The Morgan fingerprint density at radius 1 is 1.08 bits per heavy atom. The quantitative estimate of drug-likeness (QED) is 0.235. The molecule has 0 saturated carbocycles. The van der Waals surface area contributed by atoms with Gasteiger partial charge in [0, 0.05) is 26.4 Å². The summed E-state index contributed by atoms with van der Waals surface area (Å²) in [5, 5.41) is 15.7. The molecule has 0 bridgehead atoms. The number of carbonyl (C=O) groups is 1. The summed E-state index contributed by atoms with van der Waals surface area (Å²) in [4.78, 5) is 17.0. The maximum absolute atomic E-state index is 13.0. The first kappa shape index (κ1) is 26.5. The Morgan fingerprint density at radius 3 is 2.22 bits per heavy atom. The molecule has 4 aromatic rings. The van der Waals surface area contributed by atoms with Crippen molar-refractivity contribution in [3.63, 3.8) is 0 Å². The summed E-state index contributed by atoms with van der Waals surface area (Å²) in [5.74, 6) is -1.23. The number of thioether (sulfide) groups is 1. The van der Waals surface area contributed by atoms with Crippen LogP contribution in [-0.4, -0.2) is 31.1 Å². The minimum absolute atomic E-state index is 0.125. The summed E-state index contributed by atoms with van der Waals surface area (Å²) >= 11 is 15.0. The molecule has 0 aliphatic heterocycles. The van der Waals surface area contributed by atoms with Crippen molar-refractivity contribution < 1.29 is 23.1 Å². The number of carboxylic acid groups (broad SMARTS) is 1. The van der Waals surface area contributed by atoms with Gasteiger partial charge >= 0.3 is 12.1 Å². The van der Waals surface area contributed by atoms with E-state index >= 15 is 0 Å². The highest BCUT2D eigenvalue weighted by Gasteiger charge is 2.31. The molecule has 0 amide bonds. The van der Waals surface area contributed by atoms with Gasteiger partial charge < -0.3 is 5.11 Å². The standard InChI is InChI=1S/C24H18Cl2F3N3O2S2/c1-11(2)35-22-19(13-4-6-15(7-5-13)24(27,28)29)30-23(36-22)32-20(21(33)34)18(12(3)31-32)14-8-16(25)10-17(26)9-14/h4-11H,1-3H3,(H,33,34). The average Bonchev–Trinajstić information content (AvgIpc) is 3.33. The molecular weight excluding hydrogens is 554 g/mol. The number of rotatable bonds is 6. The molecule has 0 atom stereocenters. The number of hydrogen-bond donors (Lipinski definition) is 1. The second kappa shape index (κ2) is 10.1. The van der Waals surface area contributed by atoms with Crippen LogP contribution in [0.4, 0.5) is 13.2 Å². The number of alkyl halides is 3. The molecular formula is C24H18Cl2F3N3O2S2. The highest BCUT2D eigenvalue weighted by atomic mass is 35.5. The van der Waals surface area contributed by atoms with Crippen LogP contribution in [0, 0.1) is 6.92 Å². The van der Waals surface area contributed by atoms with E-state index in [0.29, 0.717) is 38.1 Å². The Hall–Kier alpha value is -2.53. The fraction of sp³-hybridized carbons (Fsp3) is 0.208. The van der Waals surface area contributed by atoms with Crippen LogP contribution in [0.1, 0.15) is 35.6 Å².